The summed E-state index contributed by atoms with van der Waals surface area (Å²) in [6.45, 7) is 3.02. The van der Waals surface area contributed by atoms with Crippen molar-refractivity contribution in [3.63, 3.8) is 0 Å². The summed E-state index contributed by atoms with van der Waals surface area (Å²) in [5.74, 6) is 2.46. The van der Waals surface area contributed by atoms with E-state index in [2.05, 4.69) is 68.9 Å². The monoisotopic (exact) mass is 436 g/mol. The van der Waals surface area contributed by atoms with Crippen molar-refractivity contribution in [1.82, 2.24) is 40.4 Å². The maximum Gasteiger partial charge on any atom is 0.181 e. The first-order chi connectivity index (χ1) is 16.3. The van der Waals surface area contributed by atoms with Crippen molar-refractivity contribution in [2.45, 2.75) is 32.7 Å². The van der Waals surface area contributed by atoms with Gasteiger partial charge in [-0.05, 0) is 45.2 Å². The van der Waals surface area contributed by atoms with Crippen molar-refractivity contribution in [1.29, 1.82) is 0 Å². The Kier molecular flexibility index (Phi) is 5.97. The molecule has 2 aromatic carbocycles. The number of aromatic amines is 1. The Morgan fingerprint density at radius 1 is 0.879 bits per heavy atom. The molecule has 0 amide bonds. The molecule has 8 heteroatoms. The largest absolute Gasteiger partial charge is 0.264 e. The van der Waals surface area contributed by atoms with Crippen molar-refractivity contribution in [2.75, 3.05) is 0 Å². The number of rotatable bonds is 8. The van der Waals surface area contributed by atoms with Crippen LogP contribution in [0.15, 0.2) is 73.1 Å². The van der Waals surface area contributed by atoms with E-state index in [1.807, 2.05) is 28.9 Å². The average Bonchev–Trinajstić information content (AvgIpc) is 3.51. The van der Waals surface area contributed by atoms with Crippen LogP contribution < -0.4 is 0 Å². The molecule has 33 heavy (non-hydrogen) atoms. The van der Waals surface area contributed by atoms with Crippen LogP contribution in [0.3, 0.4) is 0 Å². The molecule has 0 unspecified atom stereocenters. The predicted octanol–water partition coefficient (Wildman–Crippen LogP) is 4.11. The zero-order chi connectivity index (χ0) is 22.5. The lowest BCUT2D eigenvalue weighted by atomic mass is 9.99. The van der Waals surface area contributed by atoms with Crippen LogP contribution in [0, 0.1) is 0 Å². The van der Waals surface area contributed by atoms with Crippen molar-refractivity contribution in [3.8, 4) is 22.5 Å². The molecule has 3 aromatic heterocycles. The number of benzene rings is 2. The van der Waals surface area contributed by atoms with E-state index < -0.39 is 0 Å². The molecule has 5 rings (SSSR count). The van der Waals surface area contributed by atoms with Gasteiger partial charge in [-0.3, -0.25) is 4.98 Å². The Hall–Kier alpha value is -4.20. The lowest BCUT2D eigenvalue weighted by Crippen LogP contribution is -2.06. The van der Waals surface area contributed by atoms with Gasteiger partial charge in [0.25, 0.3) is 0 Å². The van der Waals surface area contributed by atoms with Gasteiger partial charge in [-0.1, -0.05) is 61.5 Å². The summed E-state index contributed by atoms with van der Waals surface area (Å²) in [5.41, 5.74) is 5.37. The molecule has 0 aliphatic rings. The molecule has 1 N–H and O–H groups in total. The second-order valence-corrected chi connectivity index (χ2v) is 7.87. The number of pyridine rings is 1. The smallest absolute Gasteiger partial charge is 0.181 e. The van der Waals surface area contributed by atoms with Crippen molar-refractivity contribution >= 4 is 0 Å². The van der Waals surface area contributed by atoms with Crippen molar-refractivity contribution < 1.29 is 0 Å². The highest BCUT2D eigenvalue weighted by molar-refractivity contribution is 5.79. The van der Waals surface area contributed by atoms with E-state index in [0.717, 1.165) is 54.1 Å². The minimum absolute atomic E-state index is 0.598. The summed E-state index contributed by atoms with van der Waals surface area (Å²) in [7, 11) is 0. The molecule has 0 atom stereocenters. The summed E-state index contributed by atoms with van der Waals surface area (Å²) < 4.78 is 2.05. The Balaban J connectivity index is 1.38. The molecular weight excluding hydrogens is 412 g/mol. The van der Waals surface area contributed by atoms with Gasteiger partial charge >= 0.3 is 0 Å². The van der Waals surface area contributed by atoms with Crippen LogP contribution in [0.5, 0.6) is 0 Å². The van der Waals surface area contributed by atoms with E-state index >= 15 is 0 Å². The van der Waals surface area contributed by atoms with E-state index in [9.17, 15) is 0 Å². The maximum absolute atomic E-state index is 4.87. The Bertz CT molecular complexity index is 1310. The molecule has 0 saturated carbocycles. The Morgan fingerprint density at radius 2 is 1.70 bits per heavy atom. The second-order valence-electron chi connectivity index (χ2n) is 7.87. The van der Waals surface area contributed by atoms with E-state index in [1.54, 1.807) is 12.4 Å². The van der Waals surface area contributed by atoms with Crippen LogP contribution in [0.25, 0.3) is 22.5 Å². The highest BCUT2D eigenvalue weighted by Crippen LogP contribution is 2.29. The van der Waals surface area contributed by atoms with Gasteiger partial charge in [-0.2, -0.15) is 5.10 Å². The molecule has 0 bridgehead atoms. The highest BCUT2D eigenvalue weighted by Gasteiger charge is 2.13. The van der Waals surface area contributed by atoms with Gasteiger partial charge in [0.05, 0.1) is 0 Å². The normalized spacial score (nSPS) is 11.1. The van der Waals surface area contributed by atoms with Crippen LogP contribution in [0.1, 0.15) is 36.1 Å². The molecule has 0 spiro atoms. The highest BCUT2D eigenvalue weighted by atomic mass is 15.5. The number of aromatic nitrogens is 8. The minimum Gasteiger partial charge on any atom is -0.264 e. The summed E-state index contributed by atoms with van der Waals surface area (Å²) in [6, 6.07) is 20.8. The first-order valence-corrected chi connectivity index (χ1v) is 11.0. The number of nitrogens with one attached hydrogen (secondary N) is 1. The van der Waals surface area contributed by atoms with E-state index in [1.165, 1.54) is 11.1 Å². The summed E-state index contributed by atoms with van der Waals surface area (Å²) in [6.07, 6.45) is 6.04. The number of hydrogen-bond acceptors (Lipinski definition) is 6. The van der Waals surface area contributed by atoms with Gasteiger partial charge in [0.1, 0.15) is 5.82 Å². The predicted molar refractivity (Wildman–Crippen MR) is 125 cm³/mol. The van der Waals surface area contributed by atoms with Gasteiger partial charge in [0, 0.05) is 37.3 Å². The molecule has 0 aliphatic carbocycles. The lowest BCUT2D eigenvalue weighted by Gasteiger charge is -2.08. The van der Waals surface area contributed by atoms with E-state index in [4.69, 9.17) is 10.1 Å². The molecule has 0 aliphatic heterocycles. The average molecular weight is 437 g/mol. The topological polar surface area (TPSA) is 98.1 Å². The summed E-state index contributed by atoms with van der Waals surface area (Å²) in [5, 5.41) is 19.0. The lowest BCUT2D eigenvalue weighted by molar-refractivity contribution is 0.572. The van der Waals surface area contributed by atoms with Gasteiger partial charge < -0.3 is 0 Å². The van der Waals surface area contributed by atoms with Gasteiger partial charge in [0.2, 0.25) is 0 Å². The number of nitrogens with zero attached hydrogens (tertiary/aromatic N) is 7. The fourth-order valence-corrected chi connectivity index (χ4v) is 3.89. The van der Waals surface area contributed by atoms with E-state index in [-0.39, 0.29) is 0 Å². The first-order valence-electron chi connectivity index (χ1n) is 11.0. The SMILES string of the molecule is CCCn1nc(Cc2ccccc2)nc1Cc1ccc(-c2ccncc2-c2nnn[nH]2)cc1. The zero-order valence-corrected chi connectivity index (χ0v) is 18.4. The summed E-state index contributed by atoms with van der Waals surface area (Å²) in [4.78, 5) is 9.09. The molecule has 0 fully saturated rings. The quantitative estimate of drug-likeness (QED) is 0.393. The molecule has 0 saturated heterocycles. The van der Waals surface area contributed by atoms with Gasteiger partial charge in [-0.15, -0.1) is 5.10 Å². The third-order valence-corrected chi connectivity index (χ3v) is 5.48. The maximum atomic E-state index is 4.87. The molecule has 8 nitrogen and oxygen atoms in total. The van der Waals surface area contributed by atoms with Crippen LogP contribution >= 0.6 is 0 Å². The number of aryl methyl sites for hydroxylation is 1. The van der Waals surface area contributed by atoms with Crippen LogP contribution in [-0.2, 0) is 19.4 Å². The standard InChI is InChI=1S/C25H24N8/c1-2-14-33-24(27-23(30-33)15-18-6-4-3-5-7-18)16-19-8-10-20(11-9-19)21-12-13-26-17-22(21)25-28-31-32-29-25/h3-13,17H,2,14-16H2,1H3,(H,28,29,31,32). The second kappa shape index (κ2) is 9.52. The van der Waals surface area contributed by atoms with Crippen molar-refractivity contribution in [2.24, 2.45) is 0 Å². The molecule has 5 aromatic rings. The van der Waals surface area contributed by atoms with Crippen molar-refractivity contribution in [3.05, 3.63) is 95.8 Å². The minimum atomic E-state index is 0.598. The third-order valence-electron chi connectivity index (χ3n) is 5.48. The number of H-pyrrole nitrogens is 1. The number of hydrogen-bond donors (Lipinski definition) is 1. The summed E-state index contributed by atoms with van der Waals surface area (Å²) >= 11 is 0. The van der Waals surface area contributed by atoms with Crippen LogP contribution in [-0.4, -0.2) is 40.4 Å². The van der Waals surface area contributed by atoms with E-state index in [0.29, 0.717) is 5.82 Å². The fraction of sp³-hybridized carbons (Fsp3) is 0.200. The Labute approximate surface area is 191 Å². The number of tetrazole rings is 1. The van der Waals surface area contributed by atoms with Crippen LogP contribution in [0.2, 0.25) is 0 Å². The molecular formula is C25H24N8. The third kappa shape index (κ3) is 4.69. The molecule has 3 heterocycles. The first kappa shape index (κ1) is 20.7. The van der Waals surface area contributed by atoms with Gasteiger partial charge in [-0.25, -0.2) is 14.8 Å². The Morgan fingerprint density at radius 3 is 2.45 bits per heavy atom. The molecule has 164 valence electrons. The zero-order valence-electron chi connectivity index (χ0n) is 18.4. The molecule has 0 radical (unpaired) electrons. The van der Waals surface area contributed by atoms with Crippen LogP contribution in [0.4, 0.5) is 0 Å². The van der Waals surface area contributed by atoms with Gasteiger partial charge in [0.15, 0.2) is 11.6 Å². The fourth-order valence-electron chi connectivity index (χ4n) is 3.89.